The zero-order valence-corrected chi connectivity index (χ0v) is 9.70. The van der Waals surface area contributed by atoms with E-state index in [1.54, 1.807) is 0 Å². The van der Waals surface area contributed by atoms with Crippen molar-refractivity contribution in [3.8, 4) is 0 Å². The fraction of sp³-hybridized carbons (Fsp3) is 0.273. The predicted molar refractivity (Wildman–Crippen MR) is 63.9 cm³/mol. The van der Waals surface area contributed by atoms with Gasteiger partial charge in [0.2, 0.25) is 0 Å². The van der Waals surface area contributed by atoms with E-state index in [4.69, 9.17) is 0 Å². The number of hydrogen-bond donors (Lipinski definition) is 0. The maximum absolute atomic E-state index is 3.46. The van der Waals surface area contributed by atoms with Gasteiger partial charge in [-0.05, 0) is 30.4 Å². The maximum Gasteiger partial charge on any atom is 0.0345 e. The highest BCUT2D eigenvalue weighted by molar-refractivity contribution is 9.09. The van der Waals surface area contributed by atoms with Gasteiger partial charge in [0.25, 0.3) is 0 Å². The molecular weight excluding hydrogens is 244 g/mol. The number of benzene rings is 1. The number of halogens is 1. The Balaban J connectivity index is 2.28. The molecule has 13 heavy (non-hydrogen) atoms. The molecule has 2 rings (SSSR count). The Kier molecular flexibility index (Phi) is 3.01. The predicted octanol–water partition coefficient (Wildman–Crippen LogP) is 4.23. The van der Waals surface area contributed by atoms with Crippen LogP contribution >= 0.6 is 27.3 Å². The van der Waals surface area contributed by atoms with Gasteiger partial charge in [-0.3, -0.25) is 0 Å². The van der Waals surface area contributed by atoms with Crippen molar-refractivity contribution in [1.82, 2.24) is 0 Å². The molecule has 1 aromatic heterocycles. The molecule has 0 aliphatic carbocycles. The fourth-order valence-electron chi connectivity index (χ4n) is 1.40. The maximum atomic E-state index is 3.46. The molecule has 0 saturated carbocycles. The third kappa shape index (κ3) is 2.12. The SMILES string of the molecule is BrCCCc1cc2ccccc2s1. The van der Waals surface area contributed by atoms with Crippen molar-refractivity contribution in [1.29, 1.82) is 0 Å². The highest BCUT2D eigenvalue weighted by Gasteiger charge is 1.99. The molecule has 2 heteroatoms. The zero-order valence-electron chi connectivity index (χ0n) is 7.29. The summed E-state index contributed by atoms with van der Waals surface area (Å²) in [5, 5.41) is 2.48. The molecule has 68 valence electrons. The molecule has 0 saturated heterocycles. The van der Waals surface area contributed by atoms with Gasteiger partial charge in [0, 0.05) is 14.9 Å². The summed E-state index contributed by atoms with van der Waals surface area (Å²) in [5.74, 6) is 0. The summed E-state index contributed by atoms with van der Waals surface area (Å²) in [5.41, 5.74) is 0. The van der Waals surface area contributed by atoms with Crippen LogP contribution in [0.5, 0.6) is 0 Å². The first-order valence-electron chi connectivity index (χ1n) is 4.43. The second kappa shape index (κ2) is 4.25. The molecule has 0 aliphatic rings. The van der Waals surface area contributed by atoms with Crippen LogP contribution in [0.25, 0.3) is 10.1 Å². The molecule has 0 unspecified atom stereocenters. The van der Waals surface area contributed by atoms with E-state index in [0.29, 0.717) is 0 Å². The van der Waals surface area contributed by atoms with Crippen molar-refractivity contribution in [3.63, 3.8) is 0 Å². The lowest BCUT2D eigenvalue weighted by Gasteiger charge is -1.89. The van der Waals surface area contributed by atoms with Crippen molar-refractivity contribution >= 4 is 37.4 Å². The Bertz CT molecular complexity index is 359. The van der Waals surface area contributed by atoms with Crippen molar-refractivity contribution < 1.29 is 0 Å². The first-order chi connectivity index (χ1) is 6.40. The molecule has 0 atom stereocenters. The third-order valence-corrected chi connectivity index (χ3v) is 3.77. The Labute approximate surface area is 90.7 Å². The van der Waals surface area contributed by atoms with Crippen molar-refractivity contribution in [2.24, 2.45) is 0 Å². The van der Waals surface area contributed by atoms with Gasteiger partial charge in [0.1, 0.15) is 0 Å². The lowest BCUT2D eigenvalue weighted by atomic mass is 10.2. The Morgan fingerprint density at radius 3 is 2.85 bits per heavy atom. The Morgan fingerprint density at radius 1 is 1.23 bits per heavy atom. The first kappa shape index (κ1) is 9.22. The van der Waals surface area contributed by atoms with E-state index in [2.05, 4.69) is 46.3 Å². The molecule has 1 heterocycles. The highest BCUT2D eigenvalue weighted by atomic mass is 79.9. The molecule has 0 bridgehead atoms. The van der Waals surface area contributed by atoms with Crippen molar-refractivity contribution in [2.45, 2.75) is 12.8 Å². The molecule has 2 aromatic rings. The minimum atomic E-state index is 1.10. The number of rotatable bonds is 3. The number of hydrogen-bond acceptors (Lipinski definition) is 1. The lowest BCUT2D eigenvalue weighted by molar-refractivity contribution is 0.960. The summed E-state index contributed by atoms with van der Waals surface area (Å²) in [6, 6.07) is 10.9. The average molecular weight is 255 g/mol. The summed E-state index contributed by atoms with van der Waals surface area (Å²) >= 11 is 5.37. The van der Waals surface area contributed by atoms with Crippen LogP contribution in [-0.4, -0.2) is 5.33 Å². The van der Waals surface area contributed by atoms with Gasteiger partial charge in [-0.25, -0.2) is 0 Å². The molecule has 0 nitrogen and oxygen atoms in total. The van der Waals surface area contributed by atoms with Crippen LogP contribution in [0.1, 0.15) is 11.3 Å². The van der Waals surface area contributed by atoms with Crippen LogP contribution in [0, 0.1) is 0 Å². The highest BCUT2D eigenvalue weighted by Crippen LogP contribution is 2.26. The van der Waals surface area contributed by atoms with Gasteiger partial charge >= 0.3 is 0 Å². The number of aryl methyl sites for hydroxylation is 1. The molecule has 0 N–H and O–H groups in total. The Hall–Kier alpha value is -0.340. The average Bonchev–Trinajstić information content (AvgIpc) is 2.57. The smallest absolute Gasteiger partial charge is 0.0345 e. The summed E-state index contributed by atoms with van der Waals surface area (Å²) in [6.07, 6.45) is 2.43. The summed E-state index contributed by atoms with van der Waals surface area (Å²) < 4.78 is 1.41. The lowest BCUT2D eigenvalue weighted by Crippen LogP contribution is -1.79. The number of thiophene rings is 1. The van der Waals surface area contributed by atoms with E-state index in [9.17, 15) is 0 Å². The fourth-order valence-corrected chi connectivity index (χ4v) is 2.79. The summed E-state index contributed by atoms with van der Waals surface area (Å²) in [4.78, 5) is 1.50. The van der Waals surface area contributed by atoms with Crippen LogP contribution in [0.2, 0.25) is 0 Å². The normalized spacial score (nSPS) is 10.8. The second-order valence-electron chi connectivity index (χ2n) is 3.04. The first-order valence-corrected chi connectivity index (χ1v) is 6.37. The van der Waals surface area contributed by atoms with Crippen LogP contribution in [0.15, 0.2) is 30.3 Å². The van der Waals surface area contributed by atoms with E-state index < -0.39 is 0 Å². The van der Waals surface area contributed by atoms with E-state index in [0.717, 1.165) is 5.33 Å². The van der Waals surface area contributed by atoms with Gasteiger partial charge in [0.05, 0.1) is 0 Å². The zero-order chi connectivity index (χ0) is 9.10. The van der Waals surface area contributed by atoms with E-state index >= 15 is 0 Å². The van der Waals surface area contributed by atoms with E-state index in [1.807, 2.05) is 11.3 Å². The molecule has 0 aliphatic heterocycles. The number of fused-ring (bicyclic) bond motifs is 1. The summed E-state index contributed by atoms with van der Waals surface area (Å²) in [7, 11) is 0. The van der Waals surface area contributed by atoms with Crippen LogP contribution in [-0.2, 0) is 6.42 Å². The third-order valence-electron chi connectivity index (χ3n) is 2.03. The summed E-state index contributed by atoms with van der Waals surface area (Å²) in [6.45, 7) is 0. The monoisotopic (exact) mass is 254 g/mol. The van der Waals surface area contributed by atoms with Gasteiger partial charge < -0.3 is 0 Å². The second-order valence-corrected chi connectivity index (χ2v) is 5.00. The molecule has 0 fully saturated rings. The standard InChI is InChI=1S/C11H11BrS/c12-7-3-5-10-8-9-4-1-2-6-11(9)13-10/h1-2,4,6,8H,3,5,7H2. The Morgan fingerprint density at radius 2 is 2.08 bits per heavy atom. The van der Waals surface area contributed by atoms with Crippen molar-refractivity contribution in [2.75, 3.05) is 5.33 Å². The molecular formula is C11H11BrS. The quantitative estimate of drug-likeness (QED) is 0.720. The van der Waals surface area contributed by atoms with E-state index in [-0.39, 0.29) is 0 Å². The van der Waals surface area contributed by atoms with Crippen LogP contribution in [0.4, 0.5) is 0 Å². The molecule has 0 spiro atoms. The van der Waals surface area contributed by atoms with Gasteiger partial charge in [-0.2, -0.15) is 0 Å². The minimum Gasteiger partial charge on any atom is -0.140 e. The van der Waals surface area contributed by atoms with Crippen LogP contribution in [0.3, 0.4) is 0 Å². The van der Waals surface area contributed by atoms with Gasteiger partial charge in [-0.1, -0.05) is 34.1 Å². The molecule has 0 radical (unpaired) electrons. The van der Waals surface area contributed by atoms with Gasteiger partial charge in [0.15, 0.2) is 0 Å². The van der Waals surface area contributed by atoms with Crippen LogP contribution < -0.4 is 0 Å². The topological polar surface area (TPSA) is 0 Å². The van der Waals surface area contributed by atoms with E-state index in [1.165, 1.54) is 27.8 Å². The molecule has 1 aromatic carbocycles. The van der Waals surface area contributed by atoms with Crippen molar-refractivity contribution in [3.05, 3.63) is 35.2 Å². The largest absolute Gasteiger partial charge is 0.140 e. The number of alkyl halides is 1. The molecule has 0 amide bonds. The minimum absolute atomic E-state index is 1.10. The van der Waals surface area contributed by atoms with Gasteiger partial charge in [-0.15, -0.1) is 11.3 Å².